The summed E-state index contributed by atoms with van der Waals surface area (Å²) < 4.78 is 0. The third kappa shape index (κ3) is 4.88. The molecule has 1 heteroatoms. The first-order valence-electron chi connectivity index (χ1n) is 2.95. The molecule has 0 fully saturated rings. The number of hydrogen-bond acceptors (Lipinski definition) is 1. The maximum atomic E-state index is 3.55. The number of nitrogens with one attached hydrogen (secondary N) is 1. The van der Waals surface area contributed by atoms with Crippen molar-refractivity contribution in [2.24, 2.45) is 0 Å². The van der Waals surface area contributed by atoms with Crippen molar-refractivity contribution < 1.29 is 0 Å². The molecule has 0 radical (unpaired) electrons. The number of rotatable bonds is 3. The minimum atomic E-state index is 1.15. The second kappa shape index (κ2) is 5.16. The molecule has 0 aromatic carbocycles. The second-order valence-electron chi connectivity index (χ2n) is 1.72. The monoisotopic (exact) mass is 123 g/mol. The van der Waals surface area contributed by atoms with Crippen molar-refractivity contribution in [3.8, 4) is 0 Å². The van der Waals surface area contributed by atoms with E-state index in [0.717, 1.165) is 5.70 Å². The lowest BCUT2D eigenvalue weighted by Crippen LogP contribution is -2.00. The summed E-state index contributed by atoms with van der Waals surface area (Å²) in [5, 5.41) is 3.00. The Labute approximate surface area is 56.8 Å². The normalized spacial score (nSPS) is 12.0. The van der Waals surface area contributed by atoms with Crippen LogP contribution in [-0.2, 0) is 0 Å². The molecule has 1 nitrogen and oxygen atoms in total. The van der Waals surface area contributed by atoms with Crippen LogP contribution in [0.2, 0.25) is 0 Å². The fourth-order valence-electron chi connectivity index (χ4n) is 0.362. The Balaban J connectivity index is 3.67. The Kier molecular flexibility index (Phi) is 4.60. The molecule has 0 atom stereocenters. The molecule has 0 saturated heterocycles. The van der Waals surface area contributed by atoms with Gasteiger partial charge in [0.2, 0.25) is 0 Å². The van der Waals surface area contributed by atoms with Gasteiger partial charge in [0.15, 0.2) is 0 Å². The van der Waals surface area contributed by atoms with Crippen molar-refractivity contribution >= 4 is 0 Å². The molecule has 0 unspecified atom stereocenters. The van der Waals surface area contributed by atoms with Gasteiger partial charge >= 0.3 is 0 Å². The van der Waals surface area contributed by atoms with Crippen LogP contribution in [0, 0.1) is 0 Å². The molecule has 0 amide bonds. The van der Waals surface area contributed by atoms with Gasteiger partial charge in [-0.05, 0) is 13.0 Å². The molecule has 0 saturated carbocycles. The van der Waals surface area contributed by atoms with Gasteiger partial charge in [0, 0.05) is 12.7 Å². The van der Waals surface area contributed by atoms with Crippen LogP contribution in [-0.4, -0.2) is 7.05 Å². The van der Waals surface area contributed by atoms with Crippen molar-refractivity contribution in [2.45, 2.75) is 6.92 Å². The summed E-state index contributed by atoms with van der Waals surface area (Å²) in [6, 6.07) is 0. The van der Waals surface area contributed by atoms with Crippen molar-refractivity contribution in [3.05, 3.63) is 36.6 Å². The average molecular weight is 123 g/mol. The van der Waals surface area contributed by atoms with Crippen LogP contribution in [0.3, 0.4) is 0 Å². The molecule has 0 aromatic heterocycles. The zero-order valence-electron chi connectivity index (χ0n) is 6.02. The Morgan fingerprint density at radius 1 is 1.44 bits per heavy atom. The summed E-state index contributed by atoms with van der Waals surface area (Å²) in [5.41, 5.74) is 1.15. The third-order valence-electron chi connectivity index (χ3n) is 0.988. The van der Waals surface area contributed by atoms with Gasteiger partial charge < -0.3 is 5.32 Å². The van der Waals surface area contributed by atoms with Gasteiger partial charge in [-0.3, -0.25) is 0 Å². The van der Waals surface area contributed by atoms with Crippen LogP contribution in [0.1, 0.15) is 6.92 Å². The van der Waals surface area contributed by atoms with Crippen LogP contribution < -0.4 is 5.32 Å². The Hall–Kier alpha value is -0.980. The lowest BCUT2D eigenvalue weighted by atomic mass is 10.4. The molecule has 0 aliphatic heterocycles. The lowest BCUT2D eigenvalue weighted by Gasteiger charge is -1.92. The summed E-state index contributed by atoms with van der Waals surface area (Å²) >= 11 is 0. The summed E-state index contributed by atoms with van der Waals surface area (Å²) in [6.45, 7) is 5.55. The van der Waals surface area contributed by atoms with E-state index in [0.29, 0.717) is 0 Å². The van der Waals surface area contributed by atoms with Crippen molar-refractivity contribution in [1.82, 2.24) is 5.32 Å². The molecule has 1 N–H and O–H groups in total. The van der Waals surface area contributed by atoms with Gasteiger partial charge in [-0.2, -0.15) is 0 Å². The van der Waals surface area contributed by atoms with E-state index in [-0.39, 0.29) is 0 Å². The summed E-state index contributed by atoms with van der Waals surface area (Å²) in [6.07, 6.45) is 7.57. The molecule has 50 valence electrons. The molecule has 0 aliphatic rings. The average Bonchev–Trinajstić information content (AvgIpc) is 1.89. The minimum absolute atomic E-state index is 1.15. The highest BCUT2D eigenvalue weighted by Crippen LogP contribution is 1.84. The van der Waals surface area contributed by atoms with E-state index in [1.54, 1.807) is 6.08 Å². The van der Waals surface area contributed by atoms with Gasteiger partial charge in [0.05, 0.1) is 0 Å². The number of hydrogen-bond donors (Lipinski definition) is 1. The highest BCUT2D eigenvalue weighted by Gasteiger charge is 1.73. The topological polar surface area (TPSA) is 12.0 Å². The Morgan fingerprint density at radius 3 is 2.56 bits per heavy atom. The standard InChI is InChI=1S/C8H13N/c1-4-5-6-7-8(2)9-3/h4-7,9H,1H2,2-3H3/b6-5-,8-7+. The highest BCUT2D eigenvalue weighted by molar-refractivity contribution is 5.12. The first kappa shape index (κ1) is 8.02. The second-order valence-corrected chi connectivity index (χ2v) is 1.72. The summed E-state index contributed by atoms with van der Waals surface area (Å²) in [7, 11) is 1.90. The van der Waals surface area contributed by atoms with Crippen molar-refractivity contribution in [3.63, 3.8) is 0 Å². The van der Waals surface area contributed by atoms with E-state index in [1.807, 2.05) is 32.2 Å². The summed E-state index contributed by atoms with van der Waals surface area (Å²) in [5.74, 6) is 0. The van der Waals surface area contributed by atoms with E-state index >= 15 is 0 Å². The third-order valence-corrected chi connectivity index (χ3v) is 0.988. The Bertz CT molecular complexity index is 132. The van der Waals surface area contributed by atoms with E-state index in [4.69, 9.17) is 0 Å². The van der Waals surface area contributed by atoms with Crippen LogP contribution in [0.5, 0.6) is 0 Å². The summed E-state index contributed by atoms with van der Waals surface area (Å²) in [4.78, 5) is 0. The van der Waals surface area contributed by atoms with E-state index < -0.39 is 0 Å². The minimum Gasteiger partial charge on any atom is -0.392 e. The van der Waals surface area contributed by atoms with Crippen LogP contribution in [0.15, 0.2) is 36.6 Å². The Morgan fingerprint density at radius 2 is 2.11 bits per heavy atom. The SMILES string of the molecule is C=C/C=C\C=C(/C)NC. The fourth-order valence-corrected chi connectivity index (χ4v) is 0.362. The molecule has 0 rings (SSSR count). The molecule has 0 aliphatic carbocycles. The predicted octanol–water partition coefficient (Wildman–Crippen LogP) is 1.85. The molecule has 0 heterocycles. The lowest BCUT2D eigenvalue weighted by molar-refractivity contribution is 0.990. The van der Waals surface area contributed by atoms with Gasteiger partial charge in [-0.25, -0.2) is 0 Å². The van der Waals surface area contributed by atoms with Crippen molar-refractivity contribution in [1.29, 1.82) is 0 Å². The van der Waals surface area contributed by atoms with E-state index in [1.165, 1.54) is 0 Å². The zero-order chi connectivity index (χ0) is 7.11. The first-order chi connectivity index (χ1) is 4.31. The maximum Gasteiger partial charge on any atom is 0.00724 e. The zero-order valence-corrected chi connectivity index (χ0v) is 6.02. The maximum absolute atomic E-state index is 3.55. The molecule has 9 heavy (non-hydrogen) atoms. The van der Waals surface area contributed by atoms with Crippen molar-refractivity contribution in [2.75, 3.05) is 7.05 Å². The highest BCUT2D eigenvalue weighted by atomic mass is 14.8. The van der Waals surface area contributed by atoms with E-state index in [9.17, 15) is 0 Å². The number of allylic oxidation sites excluding steroid dienone is 5. The van der Waals surface area contributed by atoms with Gasteiger partial charge in [0.25, 0.3) is 0 Å². The molecular formula is C8H13N. The molecular weight excluding hydrogens is 110 g/mol. The fraction of sp³-hybridized carbons (Fsp3) is 0.250. The first-order valence-corrected chi connectivity index (χ1v) is 2.95. The van der Waals surface area contributed by atoms with Crippen LogP contribution in [0.25, 0.3) is 0 Å². The van der Waals surface area contributed by atoms with Crippen LogP contribution in [0.4, 0.5) is 0 Å². The molecule has 0 spiro atoms. The van der Waals surface area contributed by atoms with E-state index in [2.05, 4.69) is 11.9 Å². The molecule has 0 bridgehead atoms. The smallest absolute Gasteiger partial charge is 0.00724 e. The van der Waals surface area contributed by atoms with Gasteiger partial charge in [0.1, 0.15) is 0 Å². The largest absolute Gasteiger partial charge is 0.392 e. The van der Waals surface area contributed by atoms with Crippen LogP contribution >= 0.6 is 0 Å². The molecule has 0 aromatic rings. The van der Waals surface area contributed by atoms with Gasteiger partial charge in [-0.1, -0.05) is 24.8 Å². The quantitative estimate of drug-likeness (QED) is 0.565. The van der Waals surface area contributed by atoms with Gasteiger partial charge in [-0.15, -0.1) is 0 Å². The predicted molar refractivity (Wildman–Crippen MR) is 42.2 cm³/mol.